The zero-order chi connectivity index (χ0) is 44.1. The number of piperazine rings is 1. The van der Waals surface area contributed by atoms with Gasteiger partial charge in [-0.3, -0.25) is 28.7 Å². The third-order valence-corrected chi connectivity index (χ3v) is 16.4. The van der Waals surface area contributed by atoms with E-state index < -0.39 is 32.7 Å². The normalized spacial score (nSPS) is 30.7. The molecule has 1 aromatic heterocycles. The summed E-state index contributed by atoms with van der Waals surface area (Å²) in [7, 11) is -0.729. The molecule has 6 aliphatic rings. The average molecular weight is 905 g/mol. The van der Waals surface area contributed by atoms with E-state index in [4.69, 9.17) is 25.8 Å². The van der Waals surface area contributed by atoms with Crippen LogP contribution in [0.2, 0.25) is 5.02 Å². The topological polar surface area (TPSA) is 168 Å². The van der Waals surface area contributed by atoms with Gasteiger partial charge in [0.05, 0.1) is 56.4 Å². The SMILES string of the molecule is COc1nn(C)cc1C(=O)NS1(=O)=NC(=O)c2ccc3c(c2)N(C[C@@H]2CC[C@H]2[C@](O)(CC(=O)N2CCN(C4COC4)CC2)/C=C/C[C@H](C)C1)C[C@@]1(CCCc2cc(Cl)ccc21)CO3. The summed E-state index contributed by atoms with van der Waals surface area (Å²) in [5.41, 5.74) is 1.48. The second-order valence-corrected chi connectivity index (χ2v) is 21.0. The van der Waals surface area contributed by atoms with Gasteiger partial charge >= 0.3 is 0 Å². The first-order valence-electron chi connectivity index (χ1n) is 22.2. The van der Waals surface area contributed by atoms with Crippen LogP contribution in [-0.4, -0.2) is 130 Å². The van der Waals surface area contributed by atoms with Crippen LogP contribution < -0.4 is 19.1 Å². The van der Waals surface area contributed by atoms with Crippen molar-refractivity contribution in [1.29, 1.82) is 0 Å². The van der Waals surface area contributed by atoms with Crippen molar-refractivity contribution in [2.24, 2.45) is 29.2 Å². The molecule has 3 fully saturated rings. The number of hydrogen-bond donors (Lipinski definition) is 2. The molecule has 15 nitrogen and oxygen atoms in total. The number of nitrogens with zero attached hydrogens (tertiary/aromatic N) is 6. The maximum absolute atomic E-state index is 14.9. The number of halogens is 1. The van der Waals surface area contributed by atoms with Gasteiger partial charge in [-0.05, 0) is 97.7 Å². The van der Waals surface area contributed by atoms with Crippen LogP contribution in [0.4, 0.5) is 5.69 Å². The number of fused-ring (bicyclic) bond motifs is 4. The number of benzene rings is 2. The third-order valence-electron chi connectivity index (χ3n) is 14.2. The van der Waals surface area contributed by atoms with Crippen LogP contribution in [0.15, 0.2) is 59.1 Å². The van der Waals surface area contributed by atoms with E-state index in [2.05, 4.69) is 36.1 Å². The standard InChI is InChI=1S/C46H58ClN7O8S/c1-30-6-4-15-46(58,22-41(55)53-18-16-52(17-19-53)35-25-61-26-35)38-11-8-33(38)23-54-28-45(14-5-7-31-20-34(47)10-12-37(31)45)29-62-40-13-9-32(21-39(40)54)42(56)49-63(59,27-30)50-43(57)36-24-51(2)48-44(36)60-3/h4,9-10,12-13,15,20-21,24,30,33,35,38,58H,5-8,11,14,16-19,22-23,25-29H2,1-3H3,(H,49,50,56,57,59)/b15-4+/t30-,33-,38+,45-,46+,63?/m0/s1. The van der Waals surface area contributed by atoms with E-state index in [9.17, 15) is 23.7 Å². The number of allylic oxidation sites excluding steroid dienone is 1. The molecular formula is C46H58ClN7O8S. The lowest BCUT2D eigenvalue weighted by molar-refractivity contribution is -0.143. The highest BCUT2D eigenvalue weighted by Gasteiger charge is 2.49. The van der Waals surface area contributed by atoms with Crippen molar-refractivity contribution in [1.82, 2.24) is 24.3 Å². The number of aromatic nitrogens is 2. The molecule has 3 aromatic rings. The van der Waals surface area contributed by atoms with Crippen LogP contribution >= 0.6 is 11.6 Å². The minimum atomic E-state index is -3.75. The third kappa shape index (κ3) is 8.85. The number of amides is 3. The number of methoxy groups -OCH3 is 1. The molecule has 6 atom stereocenters. The first kappa shape index (κ1) is 43.8. The number of aryl methyl sites for hydroxylation is 2. The Bertz CT molecular complexity index is 2420. The Morgan fingerprint density at radius 2 is 1.92 bits per heavy atom. The van der Waals surface area contributed by atoms with E-state index in [1.165, 1.54) is 29.1 Å². The molecule has 2 aromatic carbocycles. The summed E-state index contributed by atoms with van der Waals surface area (Å²) in [6, 6.07) is 11.7. The number of carbonyl (C=O) groups excluding carboxylic acids is 3. The Hall–Kier alpha value is -4.48. The van der Waals surface area contributed by atoms with Crippen LogP contribution in [0, 0.1) is 17.8 Å². The van der Waals surface area contributed by atoms with Gasteiger partial charge in [0, 0.05) is 68.5 Å². The lowest BCUT2D eigenvalue weighted by atomic mass is 9.63. The minimum absolute atomic E-state index is 0.0204. The Kier molecular flexibility index (Phi) is 12.1. The molecule has 3 amide bonds. The monoisotopic (exact) mass is 903 g/mol. The number of rotatable bonds is 6. The molecule has 338 valence electrons. The zero-order valence-corrected chi connectivity index (χ0v) is 37.9. The number of ether oxygens (including phenoxy) is 3. The van der Waals surface area contributed by atoms with E-state index in [0.717, 1.165) is 58.4 Å². The smallest absolute Gasteiger partial charge is 0.286 e. The number of hydrogen-bond acceptors (Lipinski definition) is 11. The van der Waals surface area contributed by atoms with Gasteiger partial charge in [0.1, 0.15) is 21.2 Å². The van der Waals surface area contributed by atoms with Gasteiger partial charge in [0.15, 0.2) is 0 Å². The minimum Gasteiger partial charge on any atom is -0.490 e. The summed E-state index contributed by atoms with van der Waals surface area (Å²) >= 11 is 6.52. The van der Waals surface area contributed by atoms with E-state index in [-0.39, 0.29) is 52.8 Å². The second kappa shape index (κ2) is 17.5. The highest BCUT2D eigenvalue weighted by atomic mass is 35.5. The van der Waals surface area contributed by atoms with Crippen LogP contribution in [0.3, 0.4) is 0 Å². The molecule has 4 aliphatic heterocycles. The molecule has 1 saturated carbocycles. The highest BCUT2D eigenvalue weighted by molar-refractivity contribution is 7.92. The number of aliphatic hydroxyl groups is 1. The molecule has 5 heterocycles. The van der Waals surface area contributed by atoms with Crippen molar-refractivity contribution in [3.8, 4) is 11.6 Å². The molecular weight excluding hydrogens is 846 g/mol. The van der Waals surface area contributed by atoms with Crippen molar-refractivity contribution in [2.45, 2.75) is 68.9 Å². The molecule has 1 unspecified atom stereocenters. The predicted molar refractivity (Wildman–Crippen MR) is 239 cm³/mol. The summed E-state index contributed by atoms with van der Waals surface area (Å²) < 4.78 is 40.6. The van der Waals surface area contributed by atoms with Gasteiger partial charge in [-0.25, -0.2) is 4.21 Å². The highest BCUT2D eigenvalue weighted by Crippen LogP contribution is 2.49. The average Bonchev–Trinajstić information content (AvgIpc) is 3.53. The van der Waals surface area contributed by atoms with Crippen molar-refractivity contribution in [2.75, 3.05) is 76.9 Å². The predicted octanol–water partition coefficient (Wildman–Crippen LogP) is 4.79. The molecule has 1 spiro atoms. The van der Waals surface area contributed by atoms with E-state index in [1.807, 2.05) is 24.0 Å². The summed E-state index contributed by atoms with van der Waals surface area (Å²) in [6.45, 7) is 7.56. The Balaban J connectivity index is 1.09. The Morgan fingerprint density at radius 3 is 2.65 bits per heavy atom. The summed E-state index contributed by atoms with van der Waals surface area (Å²) in [5.74, 6) is -1.65. The summed E-state index contributed by atoms with van der Waals surface area (Å²) in [4.78, 5) is 48.7. The van der Waals surface area contributed by atoms with Gasteiger partial charge in [0.25, 0.3) is 11.8 Å². The van der Waals surface area contributed by atoms with Gasteiger partial charge < -0.3 is 29.1 Å². The van der Waals surface area contributed by atoms with Crippen LogP contribution in [-0.2, 0) is 38.3 Å². The van der Waals surface area contributed by atoms with Gasteiger partial charge in [0.2, 0.25) is 11.8 Å². The van der Waals surface area contributed by atoms with E-state index in [0.29, 0.717) is 61.7 Å². The summed E-state index contributed by atoms with van der Waals surface area (Å²) in [5, 5.41) is 17.7. The fourth-order valence-corrected chi connectivity index (χ4v) is 12.7. The fourth-order valence-electron chi connectivity index (χ4n) is 10.6. The fraction of sp³-hybridized carbons (Fsp3) is 0.565. The molecule has 2 saturated heterocycles. The molecule has 9 rings (SSSR count). The van der Waals surface area contributed by atoms with Gasteiger partial charge in [-0.2, -0.15) is 0 Å². The molecule has 63 heavy (non-hydrogen) atoms. The maximum Gasteiger partial charge on any atom is 0.286 e. The van der Waals surface area contributed by atoms with Crippen molar-refractivity contribution in [3.05, 3.63) is 82.0 Å². The molecule has 17 heteroatoms. The molecule has 0 radical (unpaired) electrons. The van der Waals surface area contributed by atoms with Gasteiger partial charge in [-0.15, -0.1) is 9.46 Å². The number of carbonyl (C=O) groups is 3. The zero-order valence-electron chi connectivity index (χ0n) is 36.3. The quantitative estimate of drug-likeness (QED) is 0.327. The Morgan fingerprint density at radius 1 is 1.11 bits per heavy atom. The first-order chi connectivity index (χ1) is 30.2. The molecule has 2 aliphatic carbocycles. The lowest BCUT2D eigenvalue weighted by Gasteiger charge is -2.49. The van der Waals surface area contributed by atoms with E-state index in [1.54, 1.807) is 31.3 Å². The van der Waals surface area contributed by atoms with Crippen molar-refractivity contribution in [3.63, 3.8) is 0 Å². The molecule has 2 bridgehead atoms. The second-order valence-electron chi connectivity index (χ2n) is 18.6. The molecule has 2 N–H and O–H groups in total. The van der Waals surface area contributed by atoms with Crippen molar-refractivity contribution >= 4 is 44.9 Å². The maximum atomic E-state index is 14.9. The number of anilines is 1. The lowest BCUT2D eigenvalue weighted by Crippen LogP contribution is -2.58. The van der Waals surface area contributed by atoms with Crippen molar-refractivity contribution < 1.29 is 37.9 Å². The Labute approximate surface area is 374 Å². The van der Waals surface area contributed by atoms with Crippen LogP contribution in [0.25, 0.3) is 0 Å². The summed E-state index contributed by atoms with van der Waals surface area (Å²) in [6.07, 6.45) is 9.73. The number of nitrogens with one attached hydrogen (secondary N) is 1. The van der Waals surface area contributed by atoms with E-state index >= 15 is 0 Å². The first-order valence-corrected chi connectivity index (χ1v) is 24.3. The largest absolute Gasteiger partial charge is 0.490 e. The van der Waals surface area contributed by atoms with Crippen LogP contribution in [0.1, 0.15) is 77.3 Å². The van der Waals surface area contributed by atoms with Crippen LogP contribution in [0.5, 0.6) is 11.6 Å². The van der Waals surface area contributed by atoms with Gasteiger partial charge in [-0.1, -0.05) is 36.7 Å².